The van der Waals surface area contributed by atoms with E-state index in [9.17, 15) is 0 Å². The van der Waals surface area contributed by atoms with Gasteiger partial charge in [0.25, 0.3) is 0 Å². The third-order valence-corrected chi connectivity index (χ3v) is 2.74. The van der Waals surface area contributed by atoms with Crippen LogP contribution in [0.5, 0.6) is 0 Å². The summed E-state index contributed by atoms with van der Waals surface area (Å²) in [7, 11) is 0. The van der Waals surface area contributed by atoms with E-state index in [0.717, 1.165) is 29.7 Å². The molecule has 0 radical (unpaired) electrons. The Labute approximate surface area is 105 Å². The Morgan fingerprint density at radius 1 is 1.24 bits per heavy atom. The summed E-state index contributed by atoms with van der Waals surface area (Å²) in [5.74, 6) is 0. The van der Waals surface area contributed by atoms with Gasteiger partial charge >= 0.3 is 0 Å². The molecule has 0 aliphatic carbocycles. The van der Waals surface area contributed by atoms with Crippen LogP contribution >= 0.6 is 11.6 Å². The molecule has 0 spiro atoms. The first-order chi connectivity index (χ1) is 8.31. The van der Waals surface area contributed by atoms with Gasteiger partial charge in [0.05, 0.1) is 0 Å². The number of hydrogen-bond donors (Lipinski definition) is 1. The molecule has 0 aliphatic rings. The Morgan fingerprint density at radius 2 is 2.12 bits per heavy atom. The van der Waals surface area contributed by atoms with Gasteiger partial charge in [-0.05, 0) is 37.3 Å². The highest BCUT2D eigenvalue weighted by Gasteiger charge is 2.04. The topological polar surface area (TPSA) is 49.6 Å². The third-order valence-electron chi connectivity index (χ3n) is 2.44. The summed E-state index contributed by atoms with van der Waals surface area (Å²) in [6.07, 6.45) is 6.37. The van der Waals surface area contributed by atoms with E-state index in [-0.39, 0.29) is 0 Å². The van der Waals surface area contributed by atoms with Crippen molar-refractivity contribution in [3.63, 3.8) is 0 Å². The summed E-state index contributed by atoms with van der Waals surface area (Å²) in [5, 5.41) is 7.47. The van der Waals surface area contributed by atoms with E-state index in [1.165, 1.54) is 6.21 Å². The van der Waals surface area contributed by atoms with Crippen molar-refractivity contribution in [1.29, 1.82) is 5.41 Å². The number of aromatic nitrogens is 2. The molecule has 86 valence electrons. The lowest BCUT2D eigenvalue weighted by Gasteiger charge is -2.04. The summed E-state index contributed by atoms with van der Waals surface area (Å²) in [6, 6.07) is 7.71. The average Bonchev–Trinajstić information content (AvgIpc) is 2.38. The quantitative estimate of drug-likeness (QED) is 0.663. The van der Waals surface area contributed by atoms with Crippen LogP contribution in [0.25, 0.3) is 11.1 Å². The summed E-state index contributed by atoms with van der Waals surface area (Å²) in [6.45, 7) is 0. The average molecular weight is 246 g/mol. The van der Waals surface area contributed by atoms with Crippen LogP contribution in [0.15, 0.2) is 36.7 Å². The third kappa shape index (κ3) is 2.88. The fourth-order valence-corrected chi connectivity index (χ4v) is 1.78. The number of pyridine rings is 2. The van der Waals surface area contributed by atoms with Crippen molar-refractivity contribution in [3.8, 4) is 11.1 Å². The molecule has 2 aromatic heterocycles. The molecule has 0 saturated carbocycles. The maximum Gasteiger partial charge on any atom is 0.136 e. The van der Waals surface area contributed by atoms with E-state index >= 15 is 0 Å². The van der Waals surface area contributed by atoms with Crippen molar-refractivity contribution >= 4 is 17.8 Å². The van der Waals surface area contributed by atoms with E-state index in [1.54, 1.807) is 12.4 Å². The Kier molecular flexibility index (Phi) is 3.83. The zero-order valence-corrected chi connectivity index (χ0v) is 9.98. The van der Waals surface area contributed by atoms with E-state index in [4.69, 9.17) is 17.0 Å². The molecule has 0 atom stereocenters. The molecule has 2 rings (SSSR count). The van der Waals surface area contributed by atoms with Crippen molar-refractivity contribution in [3.05, 3.63) is 47.5 Å². The molecule has 0 unspecified atom stereocenters. The van der Waals surface area contributed by atoms with Crippen LogP contribution in [0, 0.1) is 5.41 Å². The van der Waals surface area contributed by atoms with E-state index in [0.29, 0.717) is 5.15 Å². The molecule has 4 heteroatoms. The fraction of sp³-hybridized carbons (Fsp3) is 0.154. The smallest absolute Gasteiger partial charge is 0.136 e. The molecule has 0 amide bonds. The number of nitrogens with zero attached hydrogens (tertiary/aromatic N) is 2. The molecule has 1 N–H and O–H groups in total. The van der Waals surface area contributed by atoms with Crippen molar-refractivity contribution < 1.29 is 0 Å². The predicted molar refractivity (Wildman–Crippen MR) is 69.6 cm³/mol. The monoisotopic (exact) mass is 245 g/mol. The number of nitrogens with one attached hydrogen (secondary N) is 1. The minimum atomic E-state index is 0.488. The molecule has 0 saturated heterocycles. The SMILES string of the molecule is N=CCCc1ccc(-c2cccnc2Cl)cn1. The number of halogens is 1. The minimum absolute atomic E-state index is 0.488. The Balaban J connectivity index is 2.23. The molecular formula is C13H12ClN3. The molecule has 0 bridgehead atoms. The Bertz CT molecular complexity index is 508. The highest BCUT2D eigenvalue weighted by molar-refractivity contribution is 6.32. The van der Waals surface area contributed by atoms with Gasteiger partial charge in [-0.3, -0.25) is 4.98 Å². The van der Waals surface area contributed by atoms with E-state index < -0.39 is 0 Å². The lowest BCUT2D eigenvalue weighted by atomic mass is 10.1. The zero-order chi connectivity index (χ0) is 12.1. The second kappa shape index (κ2) is 5.55. The fourth-order valence-electron chi connectivity index (χ4n) is 1.55. The summed E-state index contributed by atoms with van der Waals surface area (Å²) >= 11 is 6.01. The van der Waals surface area contributed by atoms with Gasteiger partial charge in [-0.15, -0.1) is 0 Å². The molecule has 0 aliphatic heterocycles. The first-order valence-corrected chi connectivity index (χ1v) is 5.74. The largest absolute Gasteiger partial charge is 0.313 e. The maximum absolute atomic E-state index is 6.98. The van der Waals surface area contributed by atoms with Gasteiger partial charge in [0.2, 0.25) is 0 Å². The van der Waals surface area contributed by atoms with Crippen LogP contribution in [-0.2, 0) is 6.42 Å². The molecule has 17 heavy (non-hydrogen) atoms. The van der Waals surface area contributed by atoms with Gasteiger partial charge in [-0.25, -0.2) is 4.98 Å². The van der Waals surface area contributed by atoms with Gasteiger partial charge in [0.15, 0.2) is 0 Å². The van der Waals surface area contributed by atoms with Gasteiger partial charge in [-0.2, -0.15) is 0 Å². The van der Waals surface area contributed by atoms with Gasteiger partial charge in [0, 0.05) is 29.2 Å². The zero-order valence-electron chi connectivity index (χ0n) is 9.23. The van der Waals surface area contributed by atoms with E-state index in [2.05, 4.69) is 9.97 Å². The molecule has 2 aromatic rings. The number of rotatable bonds is 4. The number of hydrogen-bond acceptors (Lipinski definition) is 3. The normalized spacial score (nSPS) is 10.2. The van der Waals surface area contributed by atoms with Crippen LogP contribution in [0.3, 0.4) is 0 Å². The summed E-state index contributed by atoms with van der Waals surface area (Å²) in [4.78, 5) is 8.38. The Morgan fingerprint density at radius 3 is 2.76 bits per heavy atom. The van der Waals surface area contributed by atoms with Crippen molar-refractivity contribution in [2.75, 3.05) is 0 Å². The van der Waals surface area contributed by atoms with Gasteiger partial charge in [0.1, 0.15) is 5.15 Å². The van der Waals surface area contributed by atoms with Crippen LogP contribution in [0.2, 0.25) is 5.15 Å². The minimum Gasteiger partial charge on any atom is -0.313 e. The predicted octanol–water partition coefficient (Wildman–Crippen LogP) is 3.38. The molecule has 0 aromatic carbocycles. The molecule has 0 fully saturated rings. The first-order valence-electron chi connectivity index (χ1n) is 5.36. The van der Waals surface area contributed by atoms with Crippen LogP contribution in [-0.4, -0.2) is 16.2 Å². The molecule has 3 nitrogen and oxygen atoms in total. The second-order valence-electron chi connectivity index (χ2n) is 3.62. The summed E-state index contributed by atoms with van der Waals surface area (Å²) in [5.41, 5.74) is 2.83. The lowest BCUT2D eigenvalue weighted by molar-refractivity contribution is 0.979. The van der Waals surface area contributed by atoms with Crippen molar-refractivity contribution in [1.82, 2.24) is 9.97 Å². The lowest BCUT2D eigenvalue weighted by Crippen LogP contribution is -1.91. The molecular weight excluding hydrogens is 234 g/mol. The van der Waals surface area contributed by atoms with Crippen LogP contribution < -0.4 is 0 Å². The van der Waals surface area contributed by atoms with Crippen molar-refractivity contribution in [2.45, 2.75) is 12.8 Å². The van der Waals surface area contributed by atoms with Gasteiger partial charge < -0.3 is 5.41 Å². The van der Waals surface area contributed by atoms with Crippen LogP contribution in [0.1, 0.15) is 12.1 Å². The van der Waals surface area contributed by atoms with Crippen LogP contribution in [0.4, 0.5) is 0 Å². The highest BCUT2D eigenvalue weighted by Crippen LogP contribution is 2.24. The van der Waals surface area contributed by atoms with Crippen molar-refractivity contribution in [2.24, 2.45) is 0 Å². The second-order valence-corrected chi connectivity index (χ2v) is 3.98. The summed E-state index contributed by atoms with van der Waals surface area (Å²) < 4.78 is 0. The molecule has 2 heterocycles. The first kappa shape index (κ1) is 11.7. The maximum atomic E-state index is 6.98. The van der Waals surface area contributed by atoms with E-state index in [1.807, 2.05) is 24.3 Å². The standard InChI is InChI=1S/C13H12ClN3/c14-13-12(4-2-8-16-13)10-5-6-11(17-9-10)3-1-7-15/h2,4-9,15H,1,3H2. The Hall–Kier alpha value is -1.74. The highest BCUT2D eigenvalue weighted by atomic mass is 35.5. The number of aryl methyl sites for hydroxylation is 1. The van der Waals surface area contributed by atoms with Gasteiger partial charge in [-0.1, -0.05) is 17.7 Å².